The van der Waals surface area contributed by atoms with Crippen LogP contribution in [0, 0.1) is 5.92 Å². The van der Waals surface area contributed by atoms with E-state index in [0.717, 1.165) is 12.6 Å². The fourth-order valence-electron chi connectivity index (χ4n) is 4.42. The van der Waals surface area contributed by atoms with Gasteiger partial charge in [0.2, 0.25) is 10.0 Å². The molecule has 0 amide bonds. The van der Waals surface area contributed by atoms with Gasteiger partial charge in [-0.1, -0.05) is 24.6 Å². The van der Waals surface area contributed by atoms with Gasteiger partial charge in [0.25, 0.3) is 0 Å². The van der Waals surface area contributed by atoms with Crippen LogP contribution < -0.4 is 0 Å². The van der Waals surface area contributed by atoms with Gasteiger partial charge in [-0.3, -0.25) is 4.90 Å². The van der Waals surface area contributed by atoms with Crippen molar-refractivity contribution in [2.45, 2.75) is 42.7 Å². The van der Waals surface area contributed by atoms with Crippen LogP contribution in [0.2, 0.25) is 0 Å². The monoisotopic (exact) mass is 306 g/mol. The van der Waals surface area contributed by atoms with Crippen LogP contribution in [0.15, 0.2) is 35.2 Å². The molecule has 0 N–H and O–H groups in total. The average molecular weight is 306 g/mol. The molecule has 3 aliphatic rings. The van der Waals surface area contributed by atoms with Gasteiger partial charge in [-0.05, 0) is 43.9 Å². The molecule has 0 radical (unpaired) electrons. The summed E-state index contributed by atoms with van der Waals surface area (Å²) in [5, 5.41) is 0. The quantitative estimate of drug-likeness (QED) is 0.838. The van der Waals surface area contributed by atoms with Gasteiger partial charge in [0, 0.05) is 25.2 Å². The first-order valence-electron chi connectivity index (χ1n) is 7.97. The van der Waals surface area contributed by atoms with Crippen LogP contribution in [-0.2, 0) is 10.0 Å². The average Bonchev–Trinajstić information content (AvgIpc) is 3.06. The minimum atomic E-state index is -3.31. The number of nitrogens with zero attached hydrogens (tertiary/aromatic N) is 2. The lowest BCUT2D eigenvalue weighted by molar-refractivity contribution is 0.146. The molecule has 1 aromatic carbocycles. The predicted molar refractivity (Wildman–Crippen MR) is 81.4 cm³/mol. The molecule has 1 aromatic rings. The van der Waals surface area contributed by atoms with E-state index in [1.807, 2.05) is 6.07 Å². The molecule has 21 heavy (non-hydrogen) atoms. The lowest BCUT2D eigenvalue weighted by Crippen LogP contribution is -2.43. The first-order chi connectivity index (χ1) is 10.2. The first-order valence-corrected chi connectivity index (χ1v) is 9.41. The summed E-state index contributed by atoms with van der Waals surface area (Å²) in [4.78, 5) is 3.02. The molecule has 5 heteroatoms. The molecule has 0 spiro atoms. The Morgan fingerprint density at radius 2 is 1.86 bits per heavy atom. The molecule has 0 aliphatic carbocycles. The second kappa shape index (κ2) is 5.07. The molecular weight excluding hydrogens is 284 g/mol. The number of rotatable bonds is 2. The summed E-state index contributed by atoms with van der Waals surface area (Å²) in [6.07, 6.45) is 5.10. The van der Waals surface area contributed by atoms with Gasteiger partial charge in [-0.15, -0.1) is 0 Å². The number of fused-ring (bicyclic) bond motifs is 3. The fourth-order valence-corrected chi connectivity index (χ4v) is 5.96. The van der Waals surface area contributed by atoms with Gasteiger partial charge >= 0.3 is 0 Å². The molecule has 3 saturated heterocycles. The number of piperidine rings is 1. The van der Waals surface area contributed by atoms with Crippen LogP contribution in [0.4, 0.5) is 0 Å². The van der Waals surface area contributed by atoms with Gasteiger partial charge < -0.3 is 0 Å². The van der Waals surface area contributed by atoms with Crippen molar-refractivity contribution in [2.75, 3.05) is 19.6 Å². The molecule has 114 valence electrons. The Morgan fingerprint density at radius 1 is 1.05 bits per heavy atom. The highest BCUT2D eigenvalue weighted by molar-refractivity contribution is 7.89. The molecular formula is C16H22N2O2S. The van der Waals surface area contributed by atoms with Crippen LogP contribution >= 0.6 is 0 Å². The number of hydrogen-bond acceptors (Lipinski definition) is 3. The molecule has 0 saturated carbocycles. The molecule has 4 nitrogen and oxygen atoms in total. The SMILES string of the molecule is O=S(=O)(c1ccccc1)N1C[C@@H]2C[C@H]3CCCCN3[C@@H]2C1. The van der Waals surface area contributed by atoms with E-state index >= 15 is 0 Å². The lowest BCUT2D eigenvalue weighted by Gasteiger charge is -2.34. The molecule has 3 fully saturated rings. The normalized spacial score (nSPS) is 33.8. The second-order valence-corrected chi connectivity index (χ2v) is 8.52. The summed E-state index contributed by atoms with van der Waals surface area (Å²) in [6, 6.07) is 10.0. The van der Waals surface area contributed by atoms with Gasteiger partial charge in [0.1, 0.15) is 0 Å². The Kier molecular flexibility index (Phi) is 3.32. The van der Waals surface area contributed by atoms with Gasteiger partial charge in [-0.25, -0.2) is 8.42 Å². The predicted octanol–water partition coefficient (Wildman–Crippen LogP) is 1.93. The van der Waals surface area contributed by atoms with Crippen molar-refractivity contribution in [3.05, 3.63) is 30.3 Å². The summed E-state index contributed by atoms with van der Waals surface area (Å²) >= 11 is 0. The highest BCUT2D eigenvalue weighted by atomic mass is 32.2. The molecule has 3 heterocycles. The highest BCUT2D eigenvalue weighted by Gasteiger charge is 2.49. The highest BCUT2D eigenvalue weighted by Crippen LogP contribution is 2.41. The maximum Gasteiger partial charge on any atom is 0.243 e. The van der Waals surface area contributed by atoms with Crippen LogP contribution in [0.5, 0.6) is 0 Å². The maximum atomic E-state index is 12.7. The van der Waals surface area contributed by atoms with Crippen molar-refractivity contribution in [3.8, 4) is 0 Å². The third kappa shape index (κ3) is 2.22. The van der Waals surface area contributed by atoms with Crippen molar-refractivity contribution in [2.24, 2.45) is 5.92 Å². The first kappa shape index (κ1) is 13.7. The molecule has 3 aliphatic heterocycles. The maximum absolute atomic E-state index is 12.7. The van der Waals surface area contributed by atoms with Crippen LogP contribution in [0.3, 0.4) is 0 Å². The summed E-state index contributed by atoms with van der Waals surface area (Å²) in [6.45, 7) is 2.54. The summed E-state index contributed by atoms with van der Waals surface area (Å²) in [5.41, 5.74) is 0. The number of sulfonamides is 1. The van der Waals surface area contributed by atoms with Crippen LogP contribution in [0.25, 0.3) is 0 Å². The summed E-state index contributed by atoms with van der Waals surface area (Å²) in [5.74, 6) is 0.534. The van der Waals surface area contributed by atoms with Crippen LogP contribution in [-0.4, -0.2) is 49.3 Å². The van der Waals surface area contributed by atoms with E-state index in [0.29, 0.717) is 29.9 Å². The summed E-state index contributed by atoms with van der Waals surface area (Å²) < 4.78 is 27.2. The zero-order valence-electron chi connectivity index (χ0n) is 12.2. The van der Waals surface area contributed by atoms with E-state index in [1.165, 1.54) is 25.7 Å². The van der Waals surface area contributed by atoms with E-state index in [9.17, 15) is 8.42 Å². The molecule has 4 rings (SSSR count). The van der Waals surface area contributed by atoms with E-state index in [2.05, 4.69) is 4.90 Å². The molecule has 3 atom stereocenters. The van der Waals surface area contributed by atoms with E-state index in [1.54, 1.807) is 28.6 Å². The van der Waals surface area contributed by atoms with Gasteiger partial charge in [-0.2, -0.15) is 4.31 Å². The van der Waals surface area contributed by atoms with E-state index < -0.39 is 10.0 Å². The number of benzene rings is 1. The molecule has 0 unspecified atom stereocenters. The Bertz CT molecular complexity index is 616. The zero-order valence-corrected chi connectivity index (χ0v) is 13.0. The Hall–Kier alpha value is -0.910. The van der Waals surface area contributed by atoms with E-state index in [-0.39, 0.29) is 0 Å². The zero-order chi connectivity index (χ0) is 14.4. The minimum Gasteiger partial charge on any atom is -0.296 e. The Morgan fingerprint density at radius 3 is 2.67 bits per heavy atom. The standard InChI is InChI=1S/C16H22N2O2S/c19-21(20,15-7-2-1-3-8-15)17-11-13-10-14-6-4-5-9-18(14)16(13)12-17/h1-3,7-8,13-14,16H,4-6,9-12H2/t13-,14+,16+/m0/s1. The van der Waals surface area contributed by atoms with Gasteiger partial charge in [0.15, 0.2) is 0 Å². The lowest BCUT2D eigenvalue weighted by atomic mass is 9.99. The number of hydrogen-bond donors (Lipinski definition) is 0. The fraction of sp³-hybridized carbons (Fsp3) is 0.625. The summed E-state index contributed by atoms with van der Waals surface area (Å²) in [7, 11) is -3.31. The van der Waals surface area contributed by atoms with Gasteiger partial charge in [0.05, 0.1) is 4.90 Å². The third-order valence-corrected chi connectivity index (χ3v) is 7.27. The topological polar surface area (TPSA) is 40.6 Å². The minimum absolute atomic E-state index is 0.431. The van der Waals surface area contributed by atoms with Crippen molar-refractivity contribution in [1.82, 2.24) is 9.21 Å². The second-order valence-electron chi connectivity index (χ2n) is 6.59. The molecule has 0 aromatic heterocycles. The Balaban J connectivity index is 1.55. The molecule has 0 bridgehead atoms. The van der Waals surface area contributed by atoms with Crippen molar-refractivity contribution < 1.29 is 8.42 Å². The van der Waals surface area contributed by atoms with Crippen molar-refractivity contribution in [1.29, 1.82) is 0 Å². The smallest absolute Gasteiger partial charge is 0.243 e. The third-order valence-electron chi connectivity index (χ3n) is 5.43. The van der Waals surface area contributed by atoms with Crippen LogP contribution in [0.1, 0.15) is 25.7 Å². The van der Waals surface area contributed by atoms with Crippen molar-refractivity contribution >= 4 is 10.0 Å². The largest absolute Gasteiger partial charge is 0.296 e. The Labute approximate surface area is 126 Å². The van der Waals surface area contributed by atoms with Crippen molar-refractivity contribution in [3.63, 3.8) is 0 Å². The van der Waals surface area contributed by atoms with E-state index in [4.69, 9.17) is 0 Å².